The Hall–Kier alpha value is -0.305. The Bertz CT molecular complexity index is 106. The Kier molecular flexibility index (Phi) is 5.31. The second kappa shape index (κ2) is 5.48. The lowest BCUT2D eigenvalue weighted by molar-refractivity contribution is -0.113. The van der Waals surface area contributed by atoms with E-state index in [0.29, 0.717) is 0 Å². The van der Waals surface area contributed by atoms with E-state index in [1.165, 1.54) is 0 Å². The highest BCUT2D eigenvalue weighted by Gasteiger charge is 2.08. The Balaban J connectivity index is 3.50. The molecule has 0 saturated heterocycles. The number of hydrogen-bond donors (Lipinski definition) is 1. The van der Waals surface area contributed by atoms with Gasteiger partial charge in [-0.25, -0.2) is 0 Å². The summed E-state index contributed by atoms with van der Waals surface area (Å²) in [6, 6.07) is -0.139. The summed E-state index contributed by atoms with van der Waals surface area (Å²) < 4.78 is 0. The molecule has 0 rings (SSSR count). The maximum absolute atomic E-state index is 10.6. The van der Waals surface area contributed by atoms with Crippen molar-refractivity contribution in [2.75, 3.05) is 7.05 Å². The quantitative estimate of drug-likeness (QED) is 0.560. The molecule has 1 N–H and O–H groups in total. The fourth-order valence-corrected chi connectivity index (χ4v) is 0.837. The van der Waals surface area contributed by atoms with E-state index in [1.54, 1.807) is 7.05 Å². The van der Waals surface area contributed by atoms with E-state index in [0.717, 1.165) is 19.3 Å². The summed E-state index contributed by atoms with van der Waals surface area (Å²) in [6.45, 7) is 2.09. The van der Waals surface area contributed by atoms with Crippen LogP contribution in [0.25, 0.3) is 0 Å². The Labute approximate surface area is 63.8 Å². The van der Waals surface area contributed by atoms with Crippen molar-refractivity contribution < 1.29 is 4.79 Å². The van der Waals surface area contributed by atoms with Gasteiger partial charge < -0.3 is 10.1 Å². The molecule has 1 unspecified atom stereocenters. The zero-order valence-electron chi connectivity index (χ0n) is 6.68. The van der Waals surface area contributed by atoms with Gasteiger partial charge in [-0.15, -0.1) is 0 Å². The van der Waals surface area contributed by atoms with Crippen LogP contribution in [0.15, 0.2) is 0 Å². The maximum atomic E-state index is 10.6. The highest BCUT2D eigenvalue weighted by molar-refractivity contribution is 6.59. The fourth-order valence-electron chi connectivity index (χ4n) is 0.837. The van der Waals surface area contributed by atoms with Gasteiger partial charge in [0.15, 0.2) is 7.85 Å². The normalized spacial score (nSPS) is 13.0. The van der Waals surface area contributed by atoms with Gasteiger partial charge in [0.2, 0.25) is 0 Å². The molecule has 0 bridgehead atoms. The van der Waals surface area contributed by atoms with Crippen LogP contribution in [0, 0.1) is 0 Å². The van der Waals surface area contributed by atoms with Crippen molar-refractivity contribution in [3.63, 3.8) is 0 Å². The molecule has 2 nitrogen and oxygen atoms in total. The summed E-state index contributed by atoms with van der Waals surface area (Å²) >= 11 is 0. The molecule has 1 atom stereocenters. The third-order valence-corrected chi connectivity index (χ3v) is 1.54. The van der Waals surface area contributed by atoms with E-state index in [4.69, 9.17) is 7.85 Å². The summed E-state index contributed by atoms with van der Waals surface area (Å²) in [5.41, 5.74) is -0.254. The van der Waals surface area contributed by atoms with Crippen LogP contribution in [0.4, 0.5) is 0 Å². The average molecular weight is 139 g/mol. The van der Waals surface area contributed by atoms with Crippen LogP contribution >= 0.6 is 0 Å². The average Bonchev–Trinajstić information content (AvgIpc) is 1.89. The first-order valence-electron chi connectivity index (χ1n) is 3.69. The lowest BCUT2D eigenvalue weighted by Crippen LogP contribution is -2.33. The number of likely N-dealkylation sites (N-methyl/N-ethyl adjacent to an activating group) is 1. The highest BCUT2D eigenvalue weighted by Crippen LogP contribution is 1.99. The summed E-state index contributed by atoms with van der Waals surface area (Å²) in [5.74, 6) is 0. The van der Waals surface area contributed by atoms with Crippen LogP contribution in [0.1, 0.15) is 26.2 Å². The molecule has 0 aliphatic carbocycles. The minimum Gasteiger partial charge on any atom is -0.311 e. The van der Waals surface area contributed by atoms with Crippen molar-refractivity contribution in [2.45, 2.75) is 32.2 Å². The molecule has 0 fully saturated rings. The number of carbonyl (C=O) groups excluding carboxylic acids is 1. The molecule has 10 heavy (non-hydrogen) atoms. The third kappa shape index (κ3) is 3.67. The van der Waals surface area contributed by atoms with Crippen LogP contribution in [0.2, 0.25) is 0 Å². The van der Waals surface area contributed by atoms with E-state index in [1.807, 2.05) is 0 Å². The van der Waals surface area contributed by atoms with Gasteiger partial charge in [-0.05, 0) is 13.5 Å². The van der Waals surface area contributed by atoms with Crippen LogP contribution in [0.3, 0.4) is 0 Å². The standard InChI is InChI=1S/C7H14BNO/c1-3-4-5-6(9-2)7(8)10/h6,9H,3-5H2,1-2H3. The van der Waals surface area contributed by atoms with E-state index in [9.17, 15) is 4.79 Å². The van der Waals surface area contributed by atoms with Gasteiger partial charge in [0.25, 0.3) is 0 Å². The molecule has 0 aromatic heterocycles. The highest BCUT2D eigenvalue weighted by atomic mass is 16.1. The smallest absolute Gasteiger partial charge is 0.170 e. The second-order valence-corrected chi connectivity index (χ2v) is 2.39. The predicted octanol–water partition coefficient (Wildman–Crippen LogP) is 0.460. The Morgan fingerprint density at radius 3 is 2.60 bits per heavy atom. The van der Waals surface area contributed by atoms with Gasteiger partial charge in [0.1, 0.15) is 0 Å². The molecular formula is C7H14BNO. The molecule has 0 spiro atoms. The lowest BCUT2D eigenvalue weighted by atomic mass is 9.92. The van der Waals surface area contributed by atoms with Crippen LogP contribution in [0.5, 0.6) is 0 Å². The zero-order valence-corrected chi connectivity index (χ0v) is 6.68. The summed E-state index contributed by atoms with van der Waals surface area (Å²) in [5, 5.41) is 2.86. The first-order chi connectivity index (χ1) is 4.72. The molecule has 0 amide bonds. The topological polar surface area (TPSA) is 29.1 Å². The molecule has 0 heterocycles. The Morgan fingerprint density at radius 1 is 1.70 bits per heavy atom. The van der Waals surface area contributed by atoms with Gasteiger partial charge in [-0.3, -0.25) is 0 Å². The molecule has 0 saturated carbocycles. The van der Waals surface area contributed by atoms with Crippen molar-refractivity contribution in [3.05, 3.63) is 0 Å². The fraction of sp³-hybridized carbons (Fsp3) is 0.857. The molecule has 0 aromatic carbocycles. The van der Waals surface area contributed by atoms with Crippen molar-refractivity contribution in [1.82, 2.24) is 5.32 Å². The van der Waals surface area contributed by atoms with Gasteiger partial charge in [0.05, 0.1) is 11.7 Å². The number of carbonyl (C=O) groups is 1. The van der Waals surface area contributed by atoms with E-state index in [2.05, 4.69) is 12.2 Å². The van der Waals surface area contributed by atoms with E-state index >= 15 is 0 Å². The van der Waals surface area contributed by atoms with Crippen molar-refractivity contribution in [2.24, 2.45) is 0 Å². The minimum atomic E-state index is -0.254. The third-order valence-electron chi connectivity index (χ3n) is 1.54. The van der Waals surface area contributed by atoms with Gasteiger partial charge in [0, 0.05) is 0 Å². The van der Waals surface area contributed by atoms with Crippen LogP contribution in [-0.4, -0.2) is 26.6 Å². The van der Waals surface area contributed by atoms with Crippen LogP contribution < -0.4 is 5.32 Å². The predicted molar refractivity (Wildman–Crippen MR) is 43.1 cm³/mol. The zero-order chi connectivity index (χ0) is 7.98. The molecule has 0 aliphatic heterocycles. The Morgan fingerprint density at radius 2 is 2.30 bits per heavy atom. The SMILES string of the molecule is [B]C(=O)C(CCCC)NC. The van der Waals surface area contributed by atoms with Crippen molar-refractivity contribution in [1.29, 1.82) is 0 Å². The monoisotopic (exact) mass is 139 g/mol. The summed E-state index contributed by atoms with van der Waals surface area (Å²) in [6.07, 6.45) is 3.00. The van der Waals surface area contributed by atoms with Gasteiger partial charge in [-0.2, -0.15) is 0 Å². The summed E-state index contributed by atoms with van der Waals surface area (Å²) in [7, 11) is 6.84. The van der Waals surface area contributed by atoms with E-state index in [-0.39, 0.29) is 11.7 Å². The minimum absolute atomic E-state index is 0.139. The number of hydrogen-bond acceptors (Lipinski definition) is 2. The number of nitrogens with one attached hydrogen (secondary N) is 1. The molecule has 0 aromatic rings. The van der Waals surface area contributed by atoms with Crippen LogP contribution in [-0.2, 0) is 4.79 Å². The van der Waals surface area contributed by atoms with Crippen molar-refractivity contribution >= 4 is 13.5 Å². The molecular weight excluding hydrogens is 125 g/mol. The molecule has 2 radical (unpaired) electrons. The maximum Gasteiger partial charge on any atom is 0.170 e. The van der Waals surface area contributed by atoms with E-state index < -0.39 is 0 Å². The van der Waals surface area contributed by atoms with Gasteiger partial charge in [-0.1, -0.05) is 19.8 Å². The largest absolute Gasteiger partial charge is 0.311 e. The first-order valence-corrected chi connectivity index (χ1v) is 3.69. The van der Waals surface area contributed by atoms with Gasteiger partial charge >= 0.3 is 0 Å². The second-order valence-electron chi connectivity index (χ2n) is 2.39. The van der Waals surface area contributed by atoms with Crippen molar-refractivity contribution in [3.8, 4) is 0 Å². The molecule has 0 aliphatic rings. The molecule has 56 valence electrons. The molecule has 3 heteroatoms. The first kappa shape index (κ1) is 9.69. The number of unbranched alkanes of at least 4 members (excludes halogenated alkanes) is 1. The lowest BCUT2D eigenvalue weighted by Gasteiger charge is -2.11. The summed E-state index contributed by atoms with van der Waals surface area (Å²) in [4.78, 5) is 10.6. The number of rotatable bonds is 5.